The summed E-state index contributed by atoms with van der Waals surface area (Å²) in [4.78, 5) is 40.6. The molecule has 0 saturated heterocycles. The van der Waals surface area contributed by atoms with Gasteiger partial charge < -0.3 is 15.2 Å². The van der Waals surface area contributed by atoms with Crippen molar-refractivity contribution in [3.63, 3.8) is 0 Å². The van der Waals surface area contributed by atoms with Gasteiger partial charge in [0, 0.05) is 31.7 Å². The SMILES string of the molecule is NC(=O)c1c2c(cn(CCc3ccccc3)c1=O)CN(C(=O)[C@H]1CC[C@@H]3CCC[C@@H]31)CC2. The summed E-state index contributed by atoms with van der Waals surface area (Å²) in [6.45, 7) is 1.47. The Kier molecular flexibility index (Phi) is 5.62. The molecule has 3 atom stereocenters. The van der Waals surface area contributed by atoms with Crippen LogP contribution >= 0.6 is 0 Å². The van der Waals surface area contributed by atoms with Crippen molar-refractivity contribution in [2.24, 2.45) is 23.5 Å². The van der Waals surface area contributed by atoms with E-state index in [1.54, 1.807) is 4.57 Å². The molecule has 1 aromatic carbocycles. The van der Waals surface area contributed by atoms with Gasteiger partial charge in [0.2, 0.25) is 5.91 Å². The van der Waals surface area contributed by atoms with Gasteiger partial charge in [0.25, 0.3) is 11.5 Å². The van der Waals surface area contributed by atoms with Crippen LogP contribution in [0.25, 0.3) is 0 Å². The maximum atomic E-state index is 13.4. The lowest BCUT2D eigenvalue weighted by Crippen LogP contribution is -2.43. The zero-order chi connectivity index (χ0) is 22.2. The first-order valence-electron chi connectivity index (χ1n) is 11.9. The Bertz CT molecular complexity index is 1090. The van der Waals surface area contributed by atoms with Gasteiger partial charge in [0.15, 0.2) is 0 Å². The molecular weight excluding hydrogens is 402 g/mol. The molecule has 0 spiro atoms. The molecule has 5 rings (SSSR count). The number of amides is 2. The van der Waals surface area contributed by atoms with Gasteiger partial charge in [0.1, 0.15) is 5.56 Å². The zero-order valence-electron chi connectivity index (χ0n) is 18.5. The number of rotatable bonds is 5. The van der Waals surface area contributed by atoms with Crippen LogP contribution in [-0.4, -0.2) is 27.8 Å². The molecule has 1 aromatic heterocycles. The van der Waals surface area contributed by atoms with Gasteiger partial charge in [-0.3, -0.25) is 14.4 Å². The van der Waals surface area contributed by atoms with Crippen LogP contribution in [0.3, 0.4) is 0 Å². The van der Waals surface area contributed by atoms with Crippen molar-refractivity contribution in [3.8, 4) is 0 Å². The molecule has 168 valence electrons. The van der Waals surface area contributed by atoms with Crippen LogP contribution in [0.4, 0.5) is 0 Å². The third-order valence-electron chi connectivity index (χ3n) is 7.91. The highest BCUT2D eigenvalue weighted by atomic mass is 16.2. The summed E-state index contributed by atoms with van der Waals surface area (Å²) in [5.74, 6) is 0.997. The quantitative estimate of drug-likeness (QED) is 0.787. The first-order valence-corrected chi connectivity index (χ1v) is 11.9. The minimum atomic E-state index is -0.676. The number of benzene rings is 1. The van der Waals surface area contributed by atoms with E-state index in [0.717, 1.165) is 29.0 Å². The van der Waals surface area contributed by atoms with Gasteiger partial charge in [0.05, 0.1) is 0 Å². The van der Waals surface area contributed by atoms with E-state index in [-0.39, 0.29) is 22.9 Å². The second-order valence-corrected chi connectivity index (χ2v) is 9.65. The normalized spacial score (nSPS) is 24.2. The summed E-state index contributed by atoms with van der Waals surface area (Å²) in [5.41, 5.74) is 8.15. The summed E-state index contributed by atoms with van der Waals surface area (Å²) < 4.78 is 1.60. The van der Waals surface area contributed by atoms with E-state index in [0.29, 0.717) is 38.4 Å². The highest BCUT2D eigenvalue weighted by Crippen LogP contribution is 2.48. The van der Waals surface area contributed by atoms with E-state index in [1.807, 2.05) is 41.4 Å². The van der Waals surface area contributed by atoms with Crippen molar-refractivity contribution in [2.75, 3.05) is 6.54 Å². The van der Waals surface area contributed by atoms with Crippen LogP contribution in [-0.2, 0) is 30.7 Å². The average molecular weight is 434 g/mol. The van der Waals surface area contributed by atoms with E-state index in [9.17, 15) is 14.4 Å². The third-order valence-corrected chi connectivity index (χ3v) is 7.91. The molecule has 2 aromatic rings. The molecule has 2 fully saturated rings. The van der Waals surface area contributed by atoms with Crippen LogP contribution in [0.2, 0.25) is 0 Å². The summed E-state index contributed by atoms with van der Waals surface area (Å²) in [6, 6.07) is 9.96. The number of pyridine rings is 1. The number of carbonyl (C=O) groups is 2. The number of nitrogens with zero attached hydrogens (tertiary/aromatic N) is 2. The molecule has 6 nitrogen and oxygen atoms in total. The predicted octanol–water partition coefficient (Wildman–Crippen LogP) is 2.90. The second kappa shape index (κ2) is 8.57. The zero-order valence-corrected chi connectivity index (χ0v) is 18.5. The topological polar surface area (TPSA) is 85.4 Å². The molecule has 0 bridgehead atoms. The Labute approximate surface area is 188 Å². The Balaban J connectivity index is 1.40. The maximum Gasteiger partial charge on any atom is 0.263 e. The molecular formula is C26H31N3O3. The molecule has 2 heterocycles. The minimum Gasteiger partial charge on any atom is -0.365 e. The van der Waals surface area contributed by atoms with Gasteiger partial charge in [-0.15, -0.1) is 0 Å². The van der Waals surface area contributed by atoms with Crippen molar-refractivity contribution in [3.05, 3.63) is 69.1 Å². The highest BCUT2D eigenvalue weighted by Gasteiger charge is 2.44. The number of fused-ring (bicyclic) bond motifs is 2. The molecule has 3 aliphatic rings. The van der Waals surface area contributed by atoms with Gasteiger partial charge >= 0.3 is 0 Å². The summed E-state index contributed by atoms with van der Waals surface area (Å²) >= 11 is 0. The lowest BCUT2D eigenvalue weighted by Gasteiger charge is -2.33. The molecule has 2 N–H and O–H groups in total. The van der Waals surface area contributed by atoms with Crippen molar-refractivity contribution in [2.45, 2.75) is 58.0 Å². The fourth-order valence-electron chi connectivity index (χ4n) is 6.32. The van der Waals surface area contributed by atoms with Gasteiger partial charge in [-0.05, 0) is 60.6 Å². The Morgan fingerprint density at radius 1 is 1.06 bits per heavy atom. The van der Waals surface area contributed by atoms with Crippen molar-refractivity contribution < 1.29 is 9.59 Å². The lowest BCUT2D eigenvalue weighted by molar-refractivity contribution is -0.137. The minimum absolute atomic E-state index is 0.0967. The fraction of sp³-hybridized carbons (Fsp3) is 0.500. The number of hydrogen-bond donors (Lipinski definition) is 1. The van der Waals surface area contributed by atoms with Crippen molar-refractivity contribution >= 4 is 11.8 Å². The monoisotopic (exact) mass is 433 g/mol. The Hall–Kier alpha value is -2.89. The molecule has 1 aliphatic heterocycles. The molecule has 2 aliphatic carbocycles. The molecule has 2 amide bonds. The van der Waals surface area contributed by atoms with E-state index >= 15 is 0 Å². The lowest BCUT2D eigenvalue weighted by atomic mass is 9.89. The van der Waals surface area contributed by atoms with Crippen molar-refractivity contribution in [1.82, 2.24) is 9.47 Å². The van der Waals surface area contributed by atoms with E-state index in [4.69, 9.17) is 5.73 Å². The molecule has 0 radical (unpaired) electrons. The first-order chi connectivity index (χ1) is 15.5. The summed E-state index contributed by atoms with van der Waals surface area (Å²) in [5, 5.41) is 0. The Morgan fingerprint density at radius 2 is 1.88 bits per heavy atom. The average Bonchev–Trinajstić information content (AvgIpc) is 3.41. The number of aromatic nitrogens is 1. The van der Waals surface area contributed by atoms with Crippen LogP contribution in [0.15, 0.2) is 41.3 Å². The standard InChI is InChI=1S/C26H31N3O3/c27-24(30)23-21-12-14-28(25(31)22-10-9-18-7-4-8-20(18)22)15-19(21)16-29(26(23)32)13-11-17-5-2-1-3-6-17/h1-3,5-6,16,18,20,22H,4,7-15H2,(H2,27,30)/t18-,20-,22-/m0/s1. The molecule has 32 heavy (non-hydrogen) atoms. The van der Waals surface area contributed by atoms with Gasteiger partial charge in [-0.1, -0.05) is 43.2 Å². The Morgan fingerprint density at radius 3 is 2.66 bits per heavy atom. The smallest absolute Gasteiger partial charge is 0.263 e. The van der Waals surface area contributed by atoms with E-state index in [2.05, 4.69) is 0 Å². The second-order valence-electron chi connectivity index (χ2n) is 9.65. The van der Waals surface area contributed by atoms with E-state index < -0.39 is 5.91 Å². The summed E-state index contributed by atoms with van der Waals surface area (Å²) in [6.07, 6.45) is 8.91. The summed E-state index contributed by atoms with van der Waals surface area (Å²) in [7, 11) is 0. The number of nitrogens with two attached hydrogens (primary N) is 1. The van der Waals surface area contributed by atoms with Crippen LogP contribution in [0.1, 0.15) is 59.2 Å². The molecule has 0 unspecified atom stereocenters. The first kappa shape index (κ1) is 21.0. The number of carbonyl (C=O) groups excluding carboxylic acids is 2. The van der Waals surface area contributed by atoms with Crippen LogP contribution in [0, 0.1) is 17.8 Å². The van der Waals surface area contributed by atoms with Gasteiger partial charge in [-0.25, -0.2) is 0 Å². The van der Waals surface area contributed by atoms with Crippen LogP contribution < -0.4 is 11.3 Å². The van der Waals surface area contributed by atoms with E-state index in [1.165, 1.54) is 25.7 Å². The number of hydrogen-bond acceptors (Lipinski definition) is 3. The predicted molar refractivity (Wildman–Crippen MR) is 122 cm³/mol. The van der Waals surface area contributed by atoms with Gasteiger partial charge in [-0.2, -0.15) is 0 Å². The van der Waals surface area contributed by atoms with Crippen LogP contribution in [0.5, 0.6) is 0 Å². The fourth-order valence-corrected chi connectivity index (χ4v) is 6.32. The number of primary amides is 1. The number of aryl methyl sites for hydroxylation is 2. The molecule has 6 heteroatoms. The third kappa shape index (κ3) is 3.76. The highest BCUT2D eigenvalue weighted by molar-refractivity contribution is 5.94. The van der Waals surface area contributed by atoms with Crippen molar-refractivity contribution in [1.29, 1.82) is 0 Å². The largest absolute Gasteiger partial charge is 0.365 e. The molecule has 2 saturated carbocycles. The maximum absolute atomic E-state index is 13.4.